The third-order valence-corrected chi connectivity index (χ3v) is 4.05. The molecule has 0 aliphatic heterocycles. The van der Waals surface area contributed by atoms with Crippen molar-refractivity contribution in [3.05, 3.63) is 21.9 Å². The number of hydrogen-bond acceptors (Lipinski definition) is 2. The van der Waals surface area contributed by atoms with Gasteiger partial charge in [0.25, 0.3) is 5.91 Å². The molecular formula is C13H20ClNOS. The number of carbonyl (C=O) groups is 1. The van der Waals surface area contributed by atoms with Gasteiger partial charge in [0, 0.05) is 11.9 Å². The van der Waals surface area contributed by atoms with Gasteiger partial charge in [0.15, 0.2) is 0 Å². The summed E-state index contributed by atoms with van der Waals surface area (Å²) in [5, 5.41) is 5.03. The Hall–Kier alpha value is -0.540. The fourth-order valence-electron chi connectivity index (χ4n) is 1.66. The van der Waals surface area contributed by atoms with Crippen LogP contribution in [0, 0.1) is 12.3 Å². The van der Waals surface area contributed by atoms with Crippen LogP contribution in [0.15, 0.2) is 11.4 Å². The third kappa shape index (κ3) is 4.00. The highest BCUT2D eigenvalue weighted by Gasteiger charge is 2.26. The first-order chi connectivity index (χ1) is 7.86. The van der Waals surface area contributed by atoms with Crippen LogP contribution in [0.1, 0.15) is 42.4 Å². The molecule has 0 spiro atoms. The van der Waals surface area contributed by atoms with Gasteiger partial charge < -0.3 is 5.32 Å². The van der Waals surface area contributed by atoms with E-state index < -0.39 is 0 Å². The Balaban J connectivity index is 2.75. The van der Waals surface area contributed by atoms with E-state index in [1.165, 1.54) is 11.3 Å². The fraction of sp³-hybridized carbons (Fsp3) is 0.615. The molecule has 1 N–H and O–H groups in total. The molecular weight excluding hydrogens is 254 g/mol. The zero-order valence-electron chi connectivity index (χ0n) is 10.8. The minimum Gasteiger partial charge on any atom is -0.348 e. The minimum atomic E-state index is 0.0162. The van der Waals surface area contributed by atoms with Crippen LogP contribution in [0.5, 0.6) is 0 Å². The molecule has 96 valence electrons. The van der Waals surface area contributed by atoms with Crippen molar-refractivity contribution < 1.29 is 4.79 Å². The van der Waals surface area contributed by atoms with Crippen LogP contribution in [-0.4, -0.2) is 17.8 Å². The molecule has 1 amide bonds. The number of thiophene rings is 1. The van der Waals surface area contributed by atoms with Gasteiger partial charge in [-0.3, -0.25) is 4.79 Å². The zero-order chi connectivity index (χ0) is 13.1. The summed E-state index contributed by atoms with van der Waals surface area (Å²) in [6, 6.07) is 2.07. The molecule has 4 heteroatoms. The SMILES string of the molecule is Cc1ccsc1C(=O)NC(CCCl)C(C)(C)C. The topological polar surface area (TPSA) is 29.1 Å². The Morgan fingerprint density at radius 3 is 2.59 bits per heavy atom. The summed E-state index contributed by atoms with van der Waals surface area (Å²) in [4.78, 5) is 12.9. The van der Waals surface area contributed by atoms with Gasteiger partial charge in [-0.1, -0.05) is 20.8 Å². The lowest BCUT2D eigenvalue weighted by Gasteiger charge is -2.31. The van der Waals surface area contributed by atoms with E-state index in [2.05, 4.69) is 26.1 Å². The highest BCUT2D eigenvalue weighted by atomic mass is 35.5. The van der Waals surface area contributed by atoms with Crippen LogP contribution < -0.4 is 5.32 Å². The predicted molar refractivity (Wildman–Crippen MR) is 75.1 cm³/mol. The molecule has 0 radical (unpaired) electrons. The third-order valence-electron chi connectivity index (χ3n) is 2.82. The number of aryl methyl sites for hydroxylation is 1. The highest BCUT2D eigenvalue weighted by Crippen LogP contribution is 2.23. The number of amides is 1. The maximum Gasteiger partial charge on any atom is 0.261 e. The van der Waals surface area contributed by atoms with Gasteiger partial charge in [-0.2, -0.15) is 0 Å². The molecule has 1 unspecified atom stereocenters. The molecule has 17 heavy (non-hydrogen) atoms. The van der Waals surface area contributed by atoms with Crippen LogP contribution in [0.2, 0.25) is 0 Å². The molecule has 0 saturated heterocycles. The highest BCUT2D eigenvalue weighted by molar-refractivity contribution is 7.12. The normalized spacial score (nSPS) is 13.5. The van der Waals surface area contributed by atoms with Crippen molar-refractivity contribution in [3.63, 3.8) is 0 Å². The van der Waals surface area contributed by atoms with Gasteiger partial charge in [-0.05, 0) is 35.8 Å². The Morgan fingerprint density at radius 2 is 2.18 bits per heavy atom. The van der Waals surface area contributed by atoms with Gasteiger partial charge in [-0.25, -0.2) is 0 Å². The zero-order valence-corrected chi connectivity index (χ0v) is 12.4. The number of rotatable bonds is 4. The molecule has 0 aliphatic rings. The predicted octanol–water partition coefficient (Wildman–Crippen LogP) is 3.83. The lowest BCUT2D eigenvalue weighted by atomic mass is 9.85. The second-order valence-electron chi connectivity index (χ2n) is 5.30. The largest absolute Gasteiger partial charge is 0.348 e. The summed E-state index contributed by atoms with van der Waals surface area (Å²) in [5.41, 5.74) is 1.06. The van der Waals surface area contributed by atoms with Gasteiger partial charge in [0.2, 0.25) is 0 Å². The first kappa shape index (κ1) is 14.5. The van der Waals surface area contributed by atoms with E-state index in [0.29, 0.717) is 5.88 Å². The quantitative estimate of drug-likeness (QED) is 0.830. The molecule has 1 aromatic heterocycles. The number of hydrogen-bond donors (Lipinski definition) is 1. The van der Waals surface area contributed by atoms with Crippen LogP contribution in [0.4, 0.5) is 0 Å². The maximum atomic E-state index is 12.1. The Bertz CT molecular complexity index is 381. The summed E-state index contributed by atoms with van der Waals surface area (Å²) < 4.78 is 0. The summed E-state index contributed by atoms with van der Waals surface area (Å²) in [5.74, 6) is 0.577. The molecule has 0 bridgehead atoms. The molecule has 2 nitrogen and oxygen atoms in total. The molecule has 1 heterocycles. The summed E-state index contributed by atoms with van der Waals surface area (Å²) in [7, 11) is 0. The molecule has 0 fully saturated rings. The van der Waals surface area contributed by atoms with E-state index >= 15 is 0 Å². The lowest BCUT2D eigenvalue weighted by molar-refractivity contribution is 0.0904. The monoisotopic (exact) mass is 273 g/mol. The first-order valence-corrected chi connectivity index (χ1v) is 7.18. The van der Waals surface area contributed by atoms with Crippen molar-refractivity contribution in [3.8, 4) is 0 Å². The van der Waals surface area contributed by atoms with E-state index in [9.17, 15) is 4.79 Å². The van der Waals surface area contributed by atoms with Crippen molar-refractivity contribution in [2.24, 2.45) is 5.41 Å². The van der Waals surface area contributed by atoms with Crippen LogP contribution in [0.25, 0.3) is 0 Å². The fourth-order valence-corrected chi connectivity index (χ4v) is 2.71. The van der Waals surface area contributed by atoms with E-state index in [-0.39, 0.29) is 17.4 Å². The molecule has 1 rings (SSSR count). The van der Waals surface area contributed by atoms with Crippen molar-refractivity contribution in [2.75, 3.05) is 5.88 Å². The van der Waals surface area contributed by atoms with Gasteiger partial charge >= 0.3 is 0 Å². The number of nitrogens with one attached hydrogen (secondary N) is 1. The number of alkyl halides is 1. The molecule has 0 aromatic carbocycles. The van der Waals surface area contributed by atoms with Gasteiger partial charge in [0.1, 0.15) is 0 Å². The second kappa shape index (κ2) is 5.87. The summed E-state index contributed by atoms with van der Waals surface area (Å²) >= 11 is 7.28. The van der Waals surface area contributed by atoms with Gasteiger partial charge in [-0.15, -0.1) is 22.9 Å². The molecule has 0 saturated carbocycles. The Labute approximate surface area is 112 Å². The van der Waals surface area contributed by atoms with Crippen molar-refractivity contribution >= 4 is 28.8 Å². The molecule has 1 aromatic rings. The van der Waals surface area contributed by atoms with E-state index in [1.54, 1.807) is 0 Å². The van der Waals surface area contributed by atoms with Crippen molar-refractivity contribution in [1.29, 1.82) is 0 Å². The first-order valence-electron chi connectivity index (χ1n) is 5.77. The van der Waals surface area contributed by atoms with Crippen molar-refractivity contribution in [2.45, 2.75) is 40.2 Å². The second-order valence-corrected chi connectivity index (χ2v) is 6.60. The lowest BCUT2D eigenvalue weighted by Crippen LogP contribution is -2.43. The number of halogens is 1. The van der Waals surface area contributed by atoms with Crippen LogP contribution in [0.3, 0.4) is 0 Å². The van der Waals surface area contributed by atoms with Crippen LogP contribution >= 0.6 is 22.9 Å². The number of carbonyl (C=O) groups excluding carboxylic acids is 1. The van der Waals surface area contributed by atoms with Crippen molar-refractivity contribution in [1.82, 2.24) is 5.32 Å². The Kier molecular flexibility index (Phi) is 5.02. The average molecular weight is 274 g/mol. The van der Waals surface area contributed by atoms with Gasteiger partial charge in [0.05, 0.1) is 4.88 Å². The standard InChI is InChI=1S/C13H20ClNOS/c1-9-6-8-17-11(9)12(16)15-10(5-7-14)13(2,3)4/h6,8,10H,5,7H2,1-4H3,(H,15,16). The average Bonchev–Trinajstić information content (AvgIpc) is 2.62. The van der Waals surface area contributed by atoms with E-state index in [1.807, 2.05) is 18.4 Å². The molecule has 0 aliphatic carbocycles. The van der Waals surface area contributed by atoms with Crippen LogP contribution in [-0.2, 0) is 0 Å². The summed E-state index contributed by atoms with van der Waals surface area (Å²) in [6.45, 7) is 8.31. The van der Waals surface area contributed by atoms with E-state index in [0.717, 1.165) is 16.9 Å². The minimum absolute atomic E-state index is 0.0162. The van der Waals surface area contributed by atoms with E-state index in [4.69, 9.17) is 11.6 Å². The molecule has 1 atom stereocenters. The smallest absolute Gasteiger partial charge is 0.261 e. The Morgan fingerprint density at radius 1 is 1.53 bits per heavy atom. The summed E-state index contributed by atoms with van der Waals surface area (Å²) in [6.07, 6.45) is 0.793. The maximum absolute atomic E-state index is 12.1.